The second kappa shape index (κ2) is 7.45. The summed E-state index contributed by atoms with van der Waals surface area (Å²) >= 11 is 6.05. The van der Waals surface area contributed by atoms with Crippen LogP contribution >= 0.6 is 11.6 Å². The van der Waals surface area contributed by atoms with E-state index in [1.165, 1.54) is 5.56 Å². The van der Waals surface area contributed by atoms with Gasteiger partial charge < -0.3 is 0 Å². The Morgan fingerprint density at radius 1 is 1.08 bits per heavy atom. The molecule has 3 aromatic rings. The predicted octanol–water partition coefficient (Wildman–Crippen LogP) is 4.49. The van der Waals surface area contributed by atoms with Gasteiger partial charge in [0, 0.05) is 29.9 Å². The molecule has 0 spiro atoms. The molecule has 0 bridgehead atoms. The summed E-state index contributed by atoms with van der Waals surface area (Å²) in [7, 11) is 1.85. The first-order chi connectivity index (χ1) is 12.1. The van der Waals surface area contributed by atoms with E-state index in [0.29, 0.717) is 10.5 Å². The van der Waals surface area contributed by atoms with E-state index in [2.05, 4.69) is 42.0 Å². The average Bonchev–Trinajstić information content (AvgIpc) is 2.64. The van der Waals surface area contributed by atoms with Crippen molar-refractivity contribution in [1.29, 1.82) is 0 Å². The monoisotopic (exact) mass is 350 g/mol. The van der Waals surface area contributed by atoms with Gasteiger partial charge in [-0.3, -0.25) is 0 Å². The zero-order valence-corrected chi connectivity index (χ0v) is 15.0. The van der Waals surface area contributed by atoms with Crippen LogP contribution in [0.25, 0.3) is 22.4 Å². The van der Waals surface area contributed by atoms with Gasteiger partial charge in [0.25, 0.3) is 0 Å². The fourth-order valence-corrected chi connectivity index (χ4v) is 2.95. The fourth-order valence-electron chi connectivity index (χ4n) is 2.82. The van der Waals surface area contributed by atoms with Gasteiger partial charge in [-0.2, -0.15) is 10.2 Å². The van der Waals surface area contributed by atoms with Crippen LogP contribution in [0.5, 0.6) is 0 Å². The van der Waals surface area contributed by atoms with Gasteiger partial charge in [-0.15, -0.1) is 5.10 Å². The van der Waals surface area contributed by atoms with E-state index in [9.17, 15) is 0 Å². The van der Waals surface area contributed by atoms with Crippen LogP contribution in [-0.2, 0) is 13.5 Å². The van der Waals surface area contributed by atoms with Crippen LogP contribution in [0.4, 0.5) is 0 Å². The fraction of sp³-hybridized carbons (Fsp3) is 0.150. The number of aromatic nitrogens is 2. The number of rotatable bonds is 4. The van der Waals surface area contributed by atoms with E-state index in [-0.39, 0.29) is 0 Å². The van der Waals surface area contributed by atoms with Crippen molar-refractivity contribution in [3.63, 3.8) is 0 Å². The van der Waals surface area contributed by atoms with Crippen molar-refractivity contribution < 1.29 is 0 Å². The Morgan fingerprint density at radius 3 is 2.48 bits per heavy atom. The van der Waals surface area contributed by atoms with Gasteiger partial charge in [-0.05, 0) is 35.7 Å². The van der Waals surface area contributed by atoms with Crippen molar-refractivity contribution in [2.45, 2.75) is 13.3 Å². The minimum absolute atomic E-state index is 0.637. The summed E-state index contributed by atoms with van der Waals surface area (Å²) in [5, 5.41) is 13.2. The van der Waals surface area contributed by atoms with Gasteiger partial charge in [0.1, 0.15) is 0 Å². The number of nitrogens with zero attached hydrogens (tertiary/aromatic N) is 4. The Bertz CT molecular complexity index is 972. The third-order valence-electron chi connectivity index (χ3n) is 4.09. The number of hydrogen-bond donors (Lipinski definition) is 0. The molecule has 4 nitrogen and oxygen atoms in total. The zero-order valence-electron chi connectivity index (χ0n) is 14.3. The molecular weight excluding hydrogens is 332 g/mol. The smallest absolute Gasteiger partial charge is 0.171 e. The third kappa shape index (κ3) is 3.54. The van der Waals surface area contributed by atoms with Gasteiger partial charge in [0.05, 0.1) is 5.69 Å². The summed E-state index contributed by atoms with van der Waals surface area (Å²) in [6.45, 7) is 5.59. The van der Waals surface area contributed by atoms with Crippen LogP contribution in [0.2, 0.25) is 5.02 Å². The molecule has 0 fully saturated rings. The van der Waals surface area contributed by atoms with E-state index < -0.39 is 0 Å². The number of benzene rings is 2. The number of halogens is 1. The lowest BCUT2D eigenvalue weighted by Crippen LogP contribution is -2.21. The maximum absolute atomic E-state index is 6.05. The molecule has 0 amide bonds. The van der Waals surface area contributed by atoms with Crippen molar-refractivity contribution in [2.75, 3.05) is 0 Å². The lowest BCUT2D eigenvalue weighted by molar-refractivity contribution is 0.689. The highest BCUT2D eigenvalue weighted by Crippen LogP contribution is 2.32. The maximum atomic E-state index is 6.05. The van der Waals surface area contributed by atoms with Crippen LogP contribution in [0.1, 0.15) is 12.5 Å². The standard InChI is InChI=1S/C20H19ClN4/c1-4-14-7-5-6-8-17(14)20-18(15-9-11-16(21)12-10-15)13-19(23-22-2)25(3)24-20/h5-13H,2,4H2,1,3H3/b23-19-. The largest absolute Gasteiger partial charge is 0.249 e. The molecule has 0 aliphatic heterocycles. The van der Waals surface area contributed by atoms with Gasteiger partial charge in [0.15, 0.2) is 5.49 Å². The molecule has 0 saturated carbocycles. The first kappa shape index (κ1) is 17.1. The quantitative estimate of drug-likeness (QED) is 0.505. The second-order valence-electron chi connectivity index (χ2n) is 5.65. The Labute approximate surface area is 152 Å². The minimum Gasteiger partial charge on any atom is -0.249 e. The summed E-state index contributed by atoms with van der Waals surface area (Å²) in [5.74, 6) is 0. The second-order valence-corrected chi connectivity index (χ2v) is 6.08. The first-order valence-electron chi connectivity index (χ1n) is 8.06. The van der Waals surface area contributed by atoms with Gasteiger partial charge in [-0.25, -0.2) is 4.68 Å². The van der Waals surface area contributed by atoms with Crippen LogP contribution in [0, 0.1) is 0 Å². The van der Waals surface area contributed by atoms with Crippen LogP contribution in [0.15, 0.2) is 64.8 Å². The highest BCUT2D eigenvalue weighted by Gasteiger charge is 2.14. The first-order valence-corrected chi connectivity index (χ1v) is 8.44. The van der Waals surface area contributed by atoms with E-state index in [1.807, 2.05) is 43.4 Å². The summed E-state index contributed by atoms with van der Waals surface area (Å²) < 4.78 is 1.72. The molecule has 0 saturated heterocycles. The Kier molecular flexibility index (Phi) is 5.10. The molecule has 3 rings (SSSR count). The van der Waals surface area contributed by atoms with Crippen molar-refractivity contribution in [3.05, 3.63) is 70.7 Å². The maximum Gasteiger partial charge on any atom is 0.171 e. The summed E-state index contributed by atoms with van der Waals surface area (Å²) in [6.07, 6.45) is 0.933. The Hall–Kier alpha value is -2.72. The normalized spacial score (nSPS) is 11.6. The van der Waals surface area contributed by atoms with E-state index in [1.54, 1.807) is 4.68 Å². The molecule has 0 aliphatic carbocycles. The lowest BCUT2D eigenvalue weighted by Gasteiger charge is -2.14. The molecule has 1 heterocycles. The van der Waals surface area contributed by atoms with Crippen LogP contribution in [-0.4, -0.2) is 16.5 Å². The van der Waals surface area contributed by atoms with Crippen molar-refractivity contribution in [2.24, 2.45) is 17.3 Å². The number of hydrogen-bond acceptors (Lipinski definition) is 3. The van der Waals surface area contributed by atoms with Crippen molar-refractivity contribution in [3.8, 4) is 22.4 Å². The molecule has 1 aromatic heterocycles. The van der Waals surface area contributed by atoms with Gasteiger partial charge >= 0.3 is 0 Å². The Morgan fingerprint density at radius 2 is 1.80 bits per heavy atom. The minimum atomic E-state index is 0.637. The SMILES string of the molecule is C=N/N=c1/cc(-c2ccc(Cl)cc2)c(-c2ccccc2CC)nn1C. The molecule has 25 heavy (non-hydrogen) atoms. The highest BCUT2D eigenvalue weighted by atomic mass is 35.5. The molecule has 0 aliphatic rings. The molecule has 5 heteroatoms. The zero-order chi connectivity index (χ0) is 17.8. The predicted molar refractivity (Wildman–Crippen MR) is 104 cm³/mol. The van der Waals surface area contributed by atoms with E-state index in [4.69, 9.17) is 16.7 Å². The summed E-state index contributed by atoms with van der Waals surface area (Å²) in [6, 6.07) is 18.0. The highest BCUT2D eigenvalue weighted by molar-refractivity contribution is 6.30. The van der Waals surface area contributed by atoms with E-state index in [0.717, 1.165) is 28.8 Å². The molecule has 0 atom stereocenters. The van der Waals surface area contributed by atoms with Crippen molar-refractivity contribution >= 4 is 18.3 Å². The van der Waals surface area contributed by atoms with Crippen LogP contribution in [0.3, 0.4) is 0 Å². The molecule has 2 aromatic carbocycles. The average molecular weight is 351 g/mol. The van der Waals surface area contributed by atoms with Crippen molar-refractivity contribution in [1.82, 2.24) is 9.78 Å². The third-order valence-corrected chi connectivity index (χ3v) is 4.34. The number of aryl methyl sites for hydroxylation is 2. The molecule has 0 radical (unpaired) electrons. The molecule has 0 N–H and O–H groups in total. The topological polar surface area (TPSA) is 42.5 Å². The summed E-state index contributed by atoms with van der Waals surface area (Å²) in [5.41, 5.74) is 5.92. The van der Waals surface area contributed by atoms with Crippen LogP contribution < -0.4 is 5.49 Å². The lowest BCUT2D eigenvalue weighted by atomic mass is 9.96. The molecule has 126 valence electrons. The van der Waals surface area contributed by atoms with E-state index >= 15 is 0 Å². The van der Waals surface area contributed by atoms with Gasteiger partial charge in [0.2, 0.25) is 0 Å². The molecule has 0 unspecified atom stereocenters. The Balaban J connectivity index is 2.34. The molecular formula is C20H19ClN4. The van der Waals surface area contributed by atoms with Gasteiger partial charge in [-0.1, -0.05) is 54.9 Å². The summed E-state index contributed by atoms with van der Waals surface area (Å²) in [4.78, 5) is 0.